The van der Waals surface area contributed by atoms with E-state index in [9.17, 15) is 9.59 Å². The molecule has 2 aliphatic rings. The fraction of sp³-hybridized carbons (Fsp3) is 0.667. The first-order valence-corrected chi connectivity index (χ1v) is 5.43. The molecule has 0 saturated heterocycles. The van der Waals surface area contributed by atoms with E-state index in [-0.39, 0.29) is 23.3 Å². The van der Waals surface area contributed by atoms with Crippen molar-refractivity contribution in [2.75, 3.05) is 0 Å². The number of fused-ring (bicyclic) bond motifs is 1. The van der Waals surface area contributed by atoms with Crippen LogP contribution in [-0.2, 0) is 14.3 Å². The van der Waals surface area contributed by atoms with Crippen molar-refractivity contribution >= 4 is 11.8 Å². The molecule has 0 spiro atoms. The summed E-state index contributed by atoms with van der Waals surface area (Å²) in [6, 6.07) is 0. The molecule has 1 saturated carbocycles. The van der Waals surface area contributed by atoms with E-state index in [2.05, 4.69) is 6.92 Å². The fourth-order valence-corrected chi connectivity index (χ4v) is 2.69. The van der Waals surface area contributed by atoms with Gasteiger partial charge >= 0.3 is 5.97 Å². The number of esters is 1. The van der Waals surface area contributed by atoms with Crippen LogP contribution in [0.1, 0.15) is 39.5 Å². The summed E-state index contributed by atoms with van der Waals surface area (Å²) in [6.07, 6.45) is 4.87. The second-order valence-corrected chi connectivity index (χ2v) is 4.69. The van der Waals surface area contributed by atoms with Crippen molar-refractivity contribution in [1.29, 1.82) is 0 Å². The molecule has 2 rings (SSSR count). The Bertz CT molecular complexity index is 343. The zero-order chi connectivity index (χ0) is 11.1. The highest BCUT2D eigenvalue weighted by Crippen LogP contribution is 2.49. The molecule has 0 unspecified atom stereocenters. The van der Waals surface area contributed by atoms with Crippen LogP contribution in [0.15, 0.2) is 11.6 Å². The maximum absolute atomic E-state index is 11.3. The lowest BCUT2D eigenvalue weighted by molar-refractivity contribution is -0.150. The summed E-state index contributed by atoms with van der Waals surface area (Å²) in [7, 11) is 0. The molecular weight excluding hydrogens is 192 g/mol. The highest BCUT2D eigenvalue weighted by atomic mass is 16.5. The van der Waals surface area contributed by atoms with Gasteiger partial charge in [0.15, 0.2) is 5.78 Å². The molecule has 0 aromatic carbocycles. The van der Waals surface area contributed by atoms with Crippen molar-refractivity contribution in [3.63, 3.8) is 0 Å². The Labute approximate surface area is 89.5 Å². The number of rotatable bonds is 1. The Kier molecular flexibility index (Phi) is 2.41. The second kappa shape index (κ2) is 3.47. The van der Waals surface area contributed by atoms with Crippen LogP contribution in [0, 0.1) is 5.41 Å². The number of carbonyl (C=O) groups excluding carboxylic acids is 2. The largest absolute Gasteiger partial charge is 0.462 e. The standard InChI is InChI=1S/C12H16O3/c1-8(13)15-11-4-3-9-7-10(14)5-6-12(9,11)2/h7,11H,3-6H2,1-2H3/t11-,12-/m0/s1. The first kappa shape index (κ1) is 10.4. The summed E-state index contributed by atoms with van der Waals surface area (Å²) < 4.78 is 5.33. The van der Waals surface area contributed by atoms with Gasteiger partial charge in [-0.2, -0.15) is 0 Å². The molecule has 0 bridgehead atoms. The predicted octanol–water partition coefficient (Wildman–Crippen LogP) is 2.01. The quantitative estimate of drug-likeness (QED) is 0.619. The van der Waals surface area contributed by atoms with Crippen LogP contribution in [0.25, 0.3) is 0 Å². The van der Waals surface area contributed by atoms with Crippen molar-refractivity contribution in [3.8, 4) is 0 Å². The van der Waals surface area contributed by atoms with Crippen LogP contribution in [0.5, 0.6) is 0 Å². The van der Waals surface area contributed by atoms with Gasteiger partial charge < -0.3 is 4.74 Å². The van der Waals surface area contributed by atoms with Gasteiger partial charge in [0.25, 0.3) is 0 Å². The fourth-order valence-electron chi connectivity index (χ4n) is 2.69. The van der Waals surface area contributed by atoms with Crippen molar-refractivity contribution in [2.45, 2.75) is 45.6 Å². The number of allylic oxidation sites excluding steroid dienone is 1. The van der Waals surface area contributed by atoms with Gasteiger partial charge in [0.05, 0.1) is 0 Å². The monoisotopic (exact) mass is 208 g/mol. The SMILES string of the molecule is CC(=O)O[C@H]1CCC2=CC(=O)CC[C@@]21C. The van der Waals surface area contributed by atoms with Crippen LogP contribution >= 0.6 is 0 Å². The maximum atomic E-state index is 11.3. The Balaban J connectivity index is 2.23. The molecule has 0 heterocycles. The van der Waals surface area contributed by atoms with Crippen molar-refractivity contribution in [2.24, 2.45) is 5.41 Å². The topological polar surface area (TPSA) is 43.4 Å². The predicted molar refractivity (Wildman–Crippen MR) is 55.2 cm³/mol. The van der Waals surface area contributed by atoms with Crippen LogP contribution in [0.2, 0.25) is 0 Å². The van der Waals surface area contributed by atoms with Crippen LogP contribution < -0.4 is 0 Å². The van der Waals surface area contributed by atoms with Gasteiger partial charge in [0.1, 0.15) is 6.10 Å². The summed E-state index contributed by atoms with van der Waals surface area (Å²) >= 11 is 0. The van der Waals surface area contributed by atoms with Crippen molar-refractivity contribution in [3.05, 3.63) is 11.6 Å². The van der Waals surface area contributed by atoms with E-state index in [0.29, 0.717) is 6.42 Å². The Morgan fingerprint density at radius 1 is 1.53 bits per heavy atom. The molecule has 2 atom stereocenters. The first-order chi connectivity index (χ1) is 7.02. The number of ether oxygens (including phenoxy) is 1. The average molecular weight is 208 g/mol. The molecule has 2 aliphatic carbocycles. The summed E-state index contributed by atoms with van der Waals surface area (Å²) in [4.78, 5) is 22.3. The third kappa shape index (κ3) is 1.71. The third-order valence-electron chi connectivity index (χ3n) is 3.65. The van der Waals surface area contributed by atoms with Gasteiger partial charge in [-0.25, -0.2) is 0 Å². The van der Waals surface area contributed by atoms with Gasteiger partial charge in [0.2, 0.25) is 0 Å². The molecule has 0 N–H and O–H groups in total. The number of hydrogen-bond donors (Lipinski definition) is 0. The van der Waals surface area contributed by atoms with Gasteiger partial charge in [-0.3, -0.25) is 9.59 Å². The van der Waals surface area contributed by atoms with E-state index in [1.807, 2.05) is 0 Å². The first-order valence-electron chi connectivity index (χ1n) is 5.43. The summed E-state index contributed by atoms with van der Waals surface area (Å²) in [5.41, 5.74) is 1.09. The number of hydrogen-bond acceptors (Lipinski definition) is 3. The number of carbonyl (C=O) groups is 2. The van der Waals surface area contributed by atoms with Gasteiger partial charge in [0, 0.05) is 18.8 Å². The Morgan fingerprint density at radius 3 is 2.93 bits per heavy atom. The van der Waals surface area contributed by atoms with Crippen molar-refractivity contribution < 1.29 is 14.3 Å². The van der Waals surface area contributed by atoms with Crippen LogP contribution in [0.4, 0.5) is 0 Å². The van der Waals surface area contributed by atoms with Gasteiger partial charge in [-0.15, -0.1) is 0 Å². The molecule has 15 heavy (non-hydrogen) atoms. The lowest BCUT2D eigenvalue weighted by atomic mass is 9.74. The molecule has 0 aliphatic heterocycles. The molecule has 0 radical (unpaired) electrons. The van der Waals surface area contributed by atoms with Gasteiger partial charge in [-0.05, 0) is 25.3 Å². The lowest BCUT2D eigenvalue weighted by Gasteiger charge is -2.34. The molecule has 0 amide bonds. The summed E-state index contributed by atoms with van der Waals surface area (Å²) in [5.74, 6) is -0.00896. The van der Waals surface area contributed by atoms with E-state index in [1.165, 1.54) is 12.5 Å². The normalized spacial score (nSPS) is 34.7. The average Bonchev–Trinajstić information content (AvgIpc) is 2.44. The molecule has 3 nitrogen and oxygen atoms in total. The van der Waals surface area contributed by atoms with E-state index in [0.717, 1.165) is 19.3 Å². The maximum Gasteiger partial charge on any atom is 0.302 e. The molecule has 0 aromatic heterocycles. The van der Waals surface area contributed by atoms with Crippen LogP contribution in [-0.4, -0.2) is 17.9 Å². The van der Waals surface area contributed by atoms with Crippen LogP contribution in [0.3, 0.4) is 0 Å². The van der Waals surface area contributed by atoms with Crippen molar-refractivity contribution in [1.82, 2.24) is 0 Å². The molecule has 82 valence electrons. The third-order valence-corrected chi connectivity index (χ3v) is 3.65. The zero-order valence-corrected chi connectivity index (χ0v) is 9.21. The molecule has 1 fully saturated rings. The van der Waals surface area contributed by atoms with Gasteiger partial charge in [-0.1, -0.05) is 12.5 Å². The lowest BCUT2D eigenvalue weighted by Crippen LogP contribution is -2.34. The molecule has 0 aromatic rings. The molecular formula is C12H16O3. The van der Waals surface area contributed by atoms with E-state index in [4.69, 9.17) is 4.74 Å². The minimum atomic E-state index is -0.223. The smallest absolute Gasteiger partial charge is 0.302 e. The summed E-state index contributed by atoms with van der Waals surface area (Å²) in [6.45, 7) is 3.55. The minimum absolute atomic E-state index is 0.0330. The highest BCUT2D eigenvalue weighted by Gasteiger charge is 2.46. The number of ketones is 1. The highest BCUT2D eigenvalue weighted by molar-refractivity contribution is 5.91. The van der Waals surface area contributed by atoms with E-state index < -0.39 is 0 Å². The Morgan fingerprint density at radius 2 is 2.27 bits per heavy atom. The minimum Gasteiger partial charge on any atom is -0.462 e. The summed E-state index contributed by atoms with van der Waals surface area (Å²) in [5, 5.41) is 0. The molecule has 3 heteroatoms. The Hall–Kier alpha value is -1.12. The zero-order valence-electron chi connectivity index (χ0n) is 9.21. The van der Waals surface area contributed by atoms with E-state index >= 15 is 0 Å². The van der Waals surface area contributed by atoms with E-state index in [1.54, 1.807) is 6.08 Å². The second-order valence-electron chi connectivity index (χ2n) is 4.69.